The molecule has 0 bridgehead atoms. The van der Waals surface area contributed by atoms with Gasteiger partial charge in [0.05, 0.1) is 5.92 Å². The molecule has 18 heavy (non-hydrogen) atoms. The highest BCUT2D eigenvalue weighted by molar-refractivity contribution is 5.81. The molecule has 0 radical (unpaired) electrons. The third kappa shape index (κ3) is 3.34. The first kappa shape index (κ1) is 14.7. The van der Waals surface area contributed by atoms with Crippen molar-refractivity contribution in [3.8, 4) is 0 Å². The summed E-state index contributed by atoms with van der Waals surface area (Å²) in [5.74, 6) is -1.22. The van der Waals surface area contributed by atoms with Crippen molar-refractivity contribution in [2.24, 2.45) is 11.8 Å². The lowest BCUT2D eigenvalue weighted by molar-refractivity contribution is -0.142. The number of amides is 1. The monoisotopic (exact) mass is 253 g/mol. The Morgan fingerprint density at radius 1 is 1.33 bits per heavy atom. The van der Waals surface area contributed by atoms with E-state index in [1.807, 2.05) is 20.8 Å². The van der Waals surface area contributed by atoms with E-state index < -0.39 is 5.97 Å². The van der Waals surface area contributed by atoms with Gasteiger partial charge >= 0.3 is 5.97 Å². The molecule has 0 saturated heterocycles. The molecule has 4 nitrogen and oxygen atoms in total. The van der Waals surface area contributed by atoms with Gasteiger partial charge in [0, 0.05) is 18.0 Å². The molecule has 1 aliphatic rings. The van der Waals surface area contributed by atoms with E-state index in [2.05, 4.69) is 6.58 Å². The smallest absolute Gasteiger partial charge is 0.306 e. The summed E-state index contributed by atoms with van der Waals surface area (Å²) in [5.41, 5.74) is -0.257. The molecule has 1 aliphatic carbocycles. The van der Waals surface area contributed by atoms with Crippen molar-refractivity contribution in [1.82, 2.24) is 4.90 Å². The molecule has 0 aromatic carbocycles. The summed E-state index contributed by atoms with van der Waals surface area (Å²) in [6.07, 6.45) is 3.47. The fourth-order valence-electron chi connectivity index (χ4n) is 2.47. The Bertz CT molecular complexity index is 343. The van der Waals surface area contributed by atoms with Crippen LogP contribution in [0.5, 0.6) is 0 Å². The van der Waals surface area contributed by atoms with Gasteiger partial charge in [0.25, 0.3) is 0 Å². The van der Waals surface area contributed by atoms with E-state index in [0.29, 0.717) is 25.8 Å². The summed E-state index contributed by atoms with van der Waals surface area (Å²) in [6.45, 7) is 10.1. The number of hydrogen-bond donors (Lipinski definition) is 1. The summed E-state index contributed by atoms with van der Waals surface area (Å²) in [4.78, 5) is 25.1. The van der Waals surface area contributed by atoms with Gasteiger partial charge in [0.2, 0.25) is 5.91 Å². The number of carboxylic acid groups (broad SMARTS) is 1. The van der Waals surface area contributed by atoms with E-state index in [-0.39, 0.29) is 23.3 Å². The van der Waals surface area contributed by atoms with E-state index in [1.54, 1.807) is 11.0 Å². The van der Waals surface area contributed by atoms with Crippen molar-refractivity contribution in [2.45, 2.75) is 45.6 Å². The quantitative estimate of drug-likeness (QED) is 0.782. The first-order chi connectivity index (χ1) is 8.27. The Labute approximate surface area is 109 Å². The third-order valence-electron chi connectivity index (χ3n) is 3.52. The minimum Gasteiger partial charge on any atom is -0.481 e. The Morgan fingerprint density at radius 3 is 2.28 bits per heavy atom. The molecule has 2 atom stereocenters. The van der Waals surface area contributed by atoms with Gasteiger partial charge in [-0.15, -0.1) is 6.58 Å². The maximum Gasteiger partial charge on any atom is 0.306 e. The SMILES string of the molecule is C=CCN(C(=O)C1CCC(C(=O)O)C1)C(C)(C)C. The van der Waals surface area contributed by atoms with E-state index >= 15 is 0 Å². The maximum atomic E-state index is 12.4. The number of carbonyl (C=O) groups excluding carboxylic acids is 1. The molecule has 1 N–H and O–H groups in total. The number of aliphatic carboxylic acids is 1. The van der Waals surface area contributed by atoms with Crippen molar-refractivity contribution < 1.29 is 14.7 Å². The van der Waals surface area contributed by atoms with Gasteiger partial charge in [-0.05, 0) is 40.0 Å². The topological polar surface area (TPSA) is 57.6 Å². The minimum absolute atomic E-state index is 0.0613. The van der Waals surface area contributed by atoms with Crippen molar-refractivity contribution in [1.29, 1.82) is 0 Å². The lowest BCUT2D eigenvalue weighted by atomic mass is 9.99. The van der Waals surface area contributed by atoms with E-state index in [9.17, 15) is 9.59 Å². The van der Waals surface area contributed by atoms with Crippen molar-refractivity contribution >= 4 is 11.9 Å². The standard InChI is InChI=1S/C14H23NO3/c1-5-8-15(14(2,3)4)12(16)10-6-7-11(9-10)13(17)18/h5,10-11H,1,6-9H2,2-4H3,(H,17,18). The normalized spacial score (nSPS) is 23.7. The van der Waals surface area contributed by atoms with Gasteiger partial charge in [-0.1, -0.05) is 6.08 Å². The number of rotatable bonds is 4. The average Bonchev–Trinajstić information content (AvgIpc) is 2.72. The highest BCUT2D eigenvalue weighted by Gasteiger charge is 2.38. The van der Waals surface area contributed by atoms with Crippen LogP contribution in [0.3, 0.4) is 0 Å². The van der Waals surface area contributed by atoms with Crippen molar-refractivity contribution in [3.05, 3.63) is 12.7 Å². The number of hydrogen-bond acceptors (Lipinski definition) is 2. The van der Waals surface area contributed by atoms with Gasteiger partial charge in [0.15, 0.2) is 0 Å². The van der Waals surface area contributed by atoms with Gasteiger partial charge in [0.1, 0.15) is 0 Å². The fraction of sp³-hybridized carbons (Fsp3) is 0.714. The second-order valence-electron chi connectivity index (χ2n) is 5.95. The highest BCUT2D eigenvalue weighted by Crippen LogP contribution is 2.33. The molecule has 1 fully saturated rings. The number of carbonyl (C=O) groups is 2. The van der Waals surface area contributed by atoms with E-state index in [1.165, 1.54) is 0 Å². The Morgan fingerprint density at radius 2 is 1.89 bits per heavy atom. The molecule has 1 rings (SSSR count). The largest absolute Gasteiger partial charge is 0.481 e. The second kappa shape index (κ2) is 5.55. The summed E-state index contributed by atoms with van der Waals surface area (Å²) < 4.78 is 0. The highest BCUT2D eigenvalue weighted by atomic mass is 16.4. The molecular formula is C14H23NO3. The molecule has 0 aliphatic heterocycles. The van der Waals surface area contributed by atoms with Crippen LogP contribution in [0, 0.1) is 11.8 Å². The van der Waals surface area contributed by atoms with Crippen molar-refractivity contribution in [3.63, 3.8) is 0 Å². The predicted molar refractivity (Wildman–Crippen MR) is 70.1 cm³/mol. The van der Waals surface area contributed by atoms with Crippen LogP contribution in [0.4, 0.5) is 0 Å². The van der Waals surface area contributed by atoms with Crippen LogP contribution < -0.4 is 0 Å². The Kier molecular flexibility index (Phi) is 4.54. The zero-order chi connectivity index (χ0) is 13.9. The van der Waals surface area contributed by atoms with Crippen LogP contribution in [0.25, 0.3) is 0 Å². The maximum absolute atomic E-state index is 12.4. The van der Waals surface area contributed by atoms with Gasteiger partial charge in [-0.3, -0.25) is 9.59 Å². The van der Waals surface area contributed by atoms with Gasteiger partial charge in [-0.25, -0.2) is 0 Å². The molecule has 102 valence electrons. The first-order valence-electron chi connectivity index (χ1n) is 6.42. The minimum atomic E-state index is -0.781. The number of nitrogens with zero attached hydrogens (tertiary/aromatic N) is 1. The van der Waals surface area contributed by atoms with Crippen LogP contribution in [0.2, 0.25) is 0 Å². The molecule has 0 aromatic heterocycles. The number of carboxylic acids is 1. The molecule has 4 heteroatoms. The molecule has 0 heterocycles. The summed E-state index contributed by atoms with van der Waals surface area (Å²) in [6, 6.07) is 0. The zero-order valence-electron chi connectivity index (χ0n) is 11.5. The van der Waals surface area contributed by atoms with Crippen LogP contribution >= 0.6 is 0 Å². The van der Waals surface area contributed by atoms with Crippen LogP contribution in [-0.2, 0) is 9.59 Å². The van der Waals surface area contributed by atoms with E-state index in [4.69, 9.17) is 5.11 Å². The predicted octanol–water partition coefficient (Wildman–Crippen LogP) is 2.30. The Balaban J connectivity index is 2.74. The average molecular weight is 253 g/mol. The third-order valence-corrected chi connectivity index (χ3v) is 3.52. The molecule has 1 saturated carbocycles. The summed E-state index contributed by atoms with van der Waals surface area (Å²) in [5, 5.41) is 8.97. The van der Waals surface area contributed by atoms with E-state index in [0.717, 1.165) is 0 Å². The molecule has 0 spiro atoms. The molecular weight excluding hydrogens is 230 g/mol. The summed E-state index contributed by atoms with van der Waals surface area (Å²) >= 11 is 0. The molecule has 1 amide bonds. The Hall–Kier alpha value is -1.32. The molecule has 2 unspecified atom stereocenters. The van der Waals surface area contributed by atoms with Crippen molar-refractivity contribution in [2.75, 3.05) is 6.54 Å². The lowest BCUT2D eigenvalue weighted by Crippen LogP contribution is -2.48. The van der Waals surface area contributed by atoms with Crippen LogP contribution in [0.1, 0.15) is 40.0 Å². The lowest BCUT2D eigenvalue weighted by Gasteiger charge is -2.36. The summed E-state index contributed by atoms with van der Waals surface area (Å²) in [7, 11) is 0. The van der Waals surface area contributed by atoms with Crippen LogP contribution in [0.15, 0.2) is 12.7 Å². The molecule has 0 aromatic rings. The van der Waals surface area contributed by atoms with Gasteiger partial charge < -0.3 is 10.0 Å². The van der Waals surface area contributed by atoms with Gasteiger partial charge in [-0.2, -0.15) is 0 Å². The fourth-order valence-corrected chi connectivity index (χ4v) is 2.47. The zero-order valence-corrected chi connectivity index (χ0v) is 11.5. The van der Waals surface area contributed by atoms with Crippen LogP contribution in [-0.4, -0.2) is 34.0 Å². The first-order valence-corrected chi connectivity index (χ1v) is 6.42. The second-order valence-corrected chi connectivity index (χ2v) is 5.95.